The number of nitrogens with zero attached hydrogens (tertiary/aromatic N) is 2. The smallest absolute Gasteiger partial charge is 0.287 e. The van der Waals surface area contributed by atoms with E-state index in [-0.39, 0.29) is 10.6 Å². The van der Waals surface area contributed by atoms with Gasteiger partial charge in [-0.05, 0) is 31.8 Å². The van der Waals surface area contributed by atoms with E-state index in [4.69, 9.17) is 11.6 Å². The molecule has 1 aromatic rings. The van der Waals surface area contributed by atoms with E-state index in [2.05, 4.69) is 22.3 Å². The molecule has 0 aliphatic carbocycles. The predicted octanol–water partition coefficient (Wildman–Crippen LogP) is 1.49. The SMILES string of the molecule is C=CCn1ncc(NCCC2CCNC2)c(Cl)c1=O. The highest BCUT2D eigenvalue weighted by Gasteiger charge is 2.14. The lowest BCUT2D eigenvalue weighted by Gasteiger charge is -2.11. The van der Waals surface area contributed by atoms with Gasteiger partial charge >= 0.3 is 0 Å². The van der Waals surface area contributed by atoms with Crippen LogP contribution in [-0.2, 0) is 6.54 Å². The Balaban J connectivity index is 1.94. The molecule has 1 aliphatic rings. The normalized spacial score (nSPS) is 18.5. The monoisotopic (exact) mass is 282 g/mol. The lowest BCUT2D eigenvalue weighted by molar-refractivity contribution is 0.549. The summed E-state index contributed by atoms with van der Waals surface area (Å²) in [4.78, 5) is 11.9. The Kier molecular flexibility index (Phi) is 4.99. The predicted molar refractivity (Wildman–Crippen MR) is 77.8 cm³/mol. The van der Waals surface area contributed by atoms with Gasteiger partial charge in [-0.25, -0.2) is 4.68 Å². The minimum atomic E-state index is -0.283. The molecule has 1 atom stereocenters. The van der Waals surface area contributed by atoms with Gasteiger partial charge in [-0.3, -0.25) is 4.79 Å². The number of halogens is 1. The molecule has 2 N–H and O–H groups in total. The molecular weight excluding hydrogens is 264 g/mol. The molecular formula is C13H19ClN4O. The van der Waals surface area contributed by atoms with Crippen LogP contribution < -0.4 is 16.2 Å². The second-order valence-electron chi connectivity index (χ2n) is 4.72. The zero-order valence-electron chi connectivity index (χ0n) is 10.9. The molecule has 0 radical (unpaired) electrons. The molecule has 2 heterocycles. The second kappa shape index (κ2) is 6.73. The van der Waals surface area contributed by atoms with Crippen molar-refractivity contribution in [2.45, 2.75) is 19.4 Å². The third-order valence-electron chi connectivity index (χ3n) is 3.32. The molecule has 0 saturated carbocycles. The topological polar surface area (TPSA) is 59.0 Å². The Hall–Kier alpha value is -1.33. The Bertz CT molecular complexity index is 494. The summed E-state index contributed by atoms with van der Waals surface area (Å²) in [5.41, 5.74) is 0.326. The fourth-order valence-corrected chi connectivity index (χ4v) is 2.43. The fraction of sp³-hybridized carbons (Fsp3) is 0.538. The Morgan fingerprint density at radius 1 is 1.68 bits per heavy atom. The van der Waals surface area contributed by atoms with Crippen LogP contribution in [0.5, 0.6) is 0 Å². The zero-order valence-corrected chi connectivity index (χ0v) is 11.6. The highest BCUT2D eigenvalue weighted by Crippen LogP contribution is 2.17. The summed E-state index contributed by atoms with van der Waals surface area (Å²) in [6.45, 7) is 6.93. The number of hydrogen-bond donors (Lipinski definition) is 2. The van der Waals surface area contributed by atoms with E-state index < -0.39 is 0 Å². The molecule has 1 aliphatic heterocycles. The Labute approximate surface area is 117 Å². The van der Waals surface area contributed by atoms with E-state index in [1.165, 1.54) is 11.1 Å². The van der Waals surface area contributed by atoms with Gasteiger partial charge in [0.05, 0.1) is 18.4 Å². The van der Waals surface area contributed by atoms with Gasteiger partial charge in [-0.2, -0.15) is 5.10 Å². The molecule has 2 rings (SSSR count). The molecule has 1 fully saturated rings. The highest BCUT2D eigenvalue weighted by molar-refractivity contribution is 6.32. The van der Waals surface area contributed by atoms with Gasteiger partial charge < -0.3 is 10.6 Å². The number of rotatable bonds is 6. The van der Waals surface area contributed by atoms with Crippen molar-refractivity contribution in [2.75, 3.05) is 25.0 Å². The van der Waals surface area contributed by atoms with E-state index in [0.717, 1.165) is 26.1 Å². The summed E-state index contributed by atoms with van der Waals surface area (Å²) in [6.07, 6.45) is 5.50. The molecule has 5 nitrogen and oxygen atoms in total. The molecule has 0 aromatic carbocycles. The van der Waals surface area contributed by atoms with Crippen LogP contribution in [-0.4, -0.2) is 29.4 Å². The molecule has 0 spiro atoms. The van der Waals surface area contributed by atoms with Crippen LogP contribution in [0, 0.1) is 5.92 Å². The van der Waals surface area contributed by atoms with Crippen LogP contribution >= 0.6 is 11.6 Å². The minimum Gasteiger partial charge on any atom is -0.382 e. The number of nitrogens with one attached hydrogen (secondary N) is 2. The van der Waals surface area contributed by atoms with Gasteiger partial charge in [0.2, 0.25) is 0 Å². The highest BCUT2D eigenvalue weighted by atomic mass is 35.5. The largest absolute Gasteiger partial charge is 0.382 e. The maximum atomic E-state index is 11.9. The standard InChI is InChI=1S/C13H19ClN4O/c1-2-7-18-13(19)12(14)11(9-17-18)16-6-4-10-3-5-15-8-10/h2,9-10,15-16H,1,3-8H2. The van der Waals surface area contributed by atoms with Crippen molar-refractivity contribution >= 4 is 17.3 Å². The zero-order chi connectivity index (χ0) is 13.7. The lowest BCUT2D eigenvalue weighted by Crippen LogP contribution is -2.24. The van der Waals surface area contributed by atoms with E-state index in [1.54, 1.807) is 12.3 Å². The molecule has 1 unspecified atom stereocenters. The van der Waals surface area contributed by atoms with Crippen molar-refractivity contribution in [1.29, 1.82) is 0 Å². The van der Waals surface area contributed by atoms with Crippen LogP contribution in [0.15, 0.2) is 23.6 Å². The molecule has 104 valence electrons. The average molecular weight is 283 g/mol. The van der Waals surface area contributed by atoms with Gasteiger partial charge in [0, 0.05) is 6.54 Å². The third-order valence-corrected chi connectivity index (χ3v) is 3.68. The first-order chi connectivity index (χ1) is 9.22. The van der Waals surface area contributed by atoms with E-state index in [0.29, 0.717) is 18.2 Å². The molecule has 6 heteroatoms. The molecule has 0 bridgehead atoms. The first-order valence-electron chi connectivity index (χ1n) is 6.53. The van der Waals surface area contributed by atoms with E-state index in [1.807, 2.05) is 0 Å². The average Bonchev–Trinajstić information content (AvgIpc) is 2.91. The number of aromatic nitrogens is 2. The molecule has 1 saturated heterocycles. The summed E-state index contributed by atoms with van der Waals surface area (Å²) < 4.78 is 1.29. The van der Waals surface area contributed by atoms with Crippen molar-refractivity contribution in [3.05, 3.63) is 34.2 Å². The summed E-state index contributed by atoms with van der Waals surface area (Å²) in [5, 5.41) is 10.8. The van der Waals surface area contributed by atoms with Crippen LogP contribution in [0.25, 0.3) is 0 Å². The van der Waals surface area contributed by atoms with Crippen LogP contribution in [0.2, 0.25) is 5.02 Å². The van der Waals surface area contributed by atoms with Gasteiger partial charge in [-0.1, -0.05) is 17.7 Å². The number of anilines is 1. The summed E-state index contributed by atoms with van der Waals surface area (Å²) in [7, 11) is 0. The second-order valence-corrected chi connectivity index (χ2v) is 5.10. The van der Waals surface area contributed by atoms with Crippen molar-refractivity contribution in [3.8, 4) is 0 Å². The van der Waals surface area contributed by atoms with Crippen LogP contribution in [0.3, 0.4) is 0 Å². The summed E-state index contributed by atoms with van der Waals surface area (Å²) in [5.74, 6) is 0.709. The van der Waals surface area contributed by atoms with Crippen LogP contribution in [0.4, 0.5) is 5.69 Å². The van der Waals surface area contributed by atoms with E-state index >= 15 is 0 Å². The third kappa shape index (κ3) is 3.58. The maximum absolute atomic E-state index is 11.9. The molecule has 1 aromatic heterocycles. The fourth-order valence-electron chi connectivity index (χ4n) is 2.21. The molecule has 0 amide bonds. The maximum Gasteiger partial charge on any atom is 0.287 e. The minimum absolute atomic E-state index is 0.196. The lowest BCUT2D eigenvalue weighted by atomic mass is 10.1. The van der Waals surface area contributed by atoms with Gasteiger partial charge in [0.15, 0.2) is 0 Å². The summed E-state index contributed by atoms with van der Waals surface area (Å²) >= 11 is 6.05. The summed E-state index contributed by atoms with van der Waals surface area (Å²) in [6, 6.07) is 0. The van der Waals surface area contributed by atoms with Crippen molar-refractivity contribution in [1.82, 2.24) is 15.1 Å². The van der Waals surface area contributed by atoms with Gasteiger partial charge in [0.25, 0.3) is 5.56 Å². The van der Waals surface area contributed by atoms with Crippen molar-refractivity contribution in [3.63, 3.8) is 0 Å². The van der Waals surface area contributed by atoms with Crippen LogP contribution in [0.1, 0.15) is 12.8 Å². The Morgan fingerprint density at radius 3 is 3.21 bits per heavy atom. The van der Waals surface area contributed by atoms with Gasteiger partial charge in [0.1, 0.15) is 5.02 Å². The van der Waals surface area contributed by atoms with E-state index in [9.17, 15) is 4.79 Å². The molecule has 19 heavy (non-hydrogen) atoms. The quantitative estimate of drug-likeness (QED) is 0.776. The van der Waals surface area contributed by atoms with Crippen molar-refractivity contribution < 1.29 is 0 Å². The number of allylic oxidation sites excluding steroid dienone is 1. The number of hydrogen-bond acceptors (Lipinski definition) is 4. The Morgan fingerprint density at radius 2 is 2.53 bits per heavy atom. The van der Waals surface area contributed by atoms with Crippen molar-refractivity contribution in [2.24, 2.45) is 5.92 Å². The first kappa shape index (κ1) is 14.1. The van der Waals surface area contributed by atoms with Gasteiger partial charge in [-0.15, -0.1) is 6.58 Å². The first-order valence-corrected chi connectivity index (χ1v) is 6.91.